The minimum atomic E-state index is 0.0967. The minimum absolute atomic E-state index is 0.0967. The fraction of sp³-hybridized carbons (Fsp3) is 0.533. The van der Waals surface area contributed by atoms with E-state index in [1.165, 1.54) is 19.3 Å². The molecule has 2 rings (SSSR count). The summed E-state index contributed by atoms with van der Waals surface area (Å²) in [6, 6.07) is 5.87. The SMILES string of the molecule is O=C1CCc2c(cccc2OCCCCCCBr)N1. The summed E-state index contributed by atoms with van der Waals surface area (Å²) < 4.78 is 5.86. The average molecular weight is 326 g/mol. The molecule has 0 bridgehead atoms. The third kappa shape index (κ3) is 4.23. The highest BCUT2D eigenvalue weighted by molar-refractivity contribution is 9.09. The third-order valence-electron chi connectivity index (χ3n) is 3.29. The second-order valence-corrected chi connectivity index (χ2v) is 5.58. The summed E-state index contributed by atoms with van der Waals surface area (Å²) in [5, 5.41) is 3.98. The maximum Gasteiger partial charge on any atom is 0.224 e. The van der Waals surface area contributed by atoms with Gasteiger partial charge in [0.1, 0.15) is 5.75 Å². The van der Waals surface area contributed by atoms with E-state index in [0.717, 1.165) is 41.8 Å². The molecule has 1 aromatic carbocycles. The highest BCUT2D eigenvalue weighted by Crippen LogP contribution is 2.31. The molecule has 0 atom stereocenters. The first kappa shape index (κ1) is 14.4. The Kier molecular flexibility index (Phi) is 5.70. The van der Waals surface area contributed by atoms with E-state index in [-0.39, 0.29) is 5.91 Å². The van der Waals surface area contributed by atoms with E-state index < -0.39 is 0 Å². The van der Waals surface area contributed by atoms with Gasteiger partial charge in [-0.05, 0) is 31.4 Å². The standard InChI is InChI=1S/C15H20BrNO2/c16-10-3-1-2-4-11-19-14-7-5-6-13-12(14)8-9-15(18)17-13/h5-7H,1-4,8-11H2,(H,17,18). The van der Waals surface area contributed by atoms with Gasteiger partial charge >= 0.3 is 0 Å². The van der Waals surface area contributed by atoms with E-state index >= 15 is 0 Å². The number of carbonyl (C=O) groups excluding carboxylic acids is 1. The number of ether oxygens (including phenoxy) is 1. The lowest BCUT2D eigenvalue weighted by molar-refractivity contribution is -0.116. The molecule has 0 saturated carbocycles. The number of rotatable bonds is 7. The molecule has 0 aromatic heterocycles. The molecule has 104 valence electrons. The topological polar surface area (TPSA) is 38.3 Å². The first-order valence-corrected chi connectivity index (χ1v) is 8.04. The van der Waals surface area contributed by atoms with E-state index in [4.69, 9.17) is 4.74 Å². The predicted molar refractivity (Wildman–Crippen MR) is 81.1 cm³/mol. The molecule has 3 nitrogen and oxygen atoms in total. The van der Waals surface area contributed by atoms with E-state index in [1.54, 1.807) is 0 Å². The second kappa shape index (κ2) is 7.53. The van der Waals surface area contributed by atoms with Gasteiger partial charge in [0, 0.05) is 23.0 Å². The largest absolute Gasteiger partial charge is 0.493 e. The Balaban J connectivity index is 1.84. The van der Waals surface area contributed by atoms with Gasteiger partial charge in [-0.3, -0.25) is 4.79 Å². The quantitative estimate of drug-likeness (QED) is 0.609. The zero-order valence-corrected chi connectivity index (χ0v) is 12.7. The fourth-order valence-corrected chi connectivity index (χ4v) is 2.66. The number of benzene rings is 1. The molecule has 4 heteroatoms. The van der Waals surface area contributed by atoms with Crippen LogP contribution in [0.4, 0.5) is 5.69 Å². The number of fused-ring (bicyclic) bond motifs is 1. The highest BCUT2D eigenvalue weighted by atomic mass is 79.9. The predicted octanol–water partition coefficient (Wildman–Crippen LogP) is 3.91. The molecule has 19 heavy (non-hydrogen) atoms. The zero-order valence-electron chi connectivity index (χ0n) is 11.1. The average Bonchev–Trinajstić information content (AvgIpc) is 2.42. The second-order valence-electron chi connectivity index (χ2n) is 4.78. The number of amides is 1. The summed E-state index contributed by atoms with van der Waals surface area (Å²) in [6.07, 6.45) is 6.10. The van der Waals surface area contributed by atoms with Crippen molar-refractivity contribution in [1.29, 1.82) is 0 Å². The van der Waals surface area contributed by atoms with Crippen LogP contribution in [-0.2, 0) is 11.2 Å². The number of alkyl halides is 1. The molecular formula is C15H20BrNO2. The molecule has 1 amide bonds. The number of hydrogen-bond acceptors (Lipinski definition) is 2. The molecule has 0 unspecified atom stereocenters. The summed E-state index contributed by atoms with van der Waals surface area (Å²) in [4.78, 5) is 11.3. The van der Waals surface area contributed by atoms with Crippen molar-refractivity contribution in [2.45, 2.75) is 38.5 Å². The minimum Gasteiger partial charge on any atom is -0.493 e. The van der Waals surface area contributed by atoms with Gasteiger partial charge in [-0.2, -0.15) is 0 Å². The van der Waals surface area contributed by atoms with Crippen LogP contribution in [0.3, 0.4) is 0 Å². The van der Waals surface area contributed by atoms with Gasteiger partial charge in [0.2, 0.25) is 5.91 Å². The van der Waals surface area contributed by atoms with Crippen molar-refractivity contribution in [3.8, 4) is 5.75 Å². The van der Waals surface area contributed by atoms with E-state index in [2.05, 4.69) is 21.2 Å². The Bertz CT molecular complexity index is 434. The van der Waals surface area contributed by atoms with Crippen molar-refractivity contribution in [2.24, 2.45) is 0 Å². The summed E-state index contributed by atoms with van der Waals surface area (Å²) in [5.41, 5.74) is 2.05. The van der Waals surface area contributed by atoms with Crippen LogP contribution in [0.5, 0.6) is 5.75 Å². The van der Waals surface area contributed by atoms with E-state index in [9.17, 15) is 4.79 Å². The summed E-state index contributed by atoms with van der Waals surface area (Å²) >= 11 is 3.44. The maximum atomic E-state index is 11.3. The molecule has 1 aromatic rings. The molecule has 0 radical (unpaired) electrons. The fourth-order valence-electron chi connectivity index (χ4n) is 2.26. The Labute approximate surface area is 122 Å². The van der Waals surface area contributed by atoms with Crippen LogP contribution in [0.1, 0.15) is 37.7 Å². The van der Waals surface area contributed by atoms with Gasteiger partial charge < -0.3 is 10.1 Å². The number of nitrogens with one attached hydrogen (secondary N) is 1. The van der Waals surface area contributed by atoms with Gasteiger partial charge in [-0.1, -0.05) is 34.8 Å². The zero-order chi connectivity index (χ0) is 13.5. The van der Waals surface area contributed by atoms with Gasteiger partial charge in [0.05, 0.1) is 6.61 Å². The first-order chi connectivity index (χ1) is 9.31. The number of unbranched alkanes of at least 4 members (excludes halogenated alkanes) is 3. The molecule has 1 heterocycles. The van der Waals surface area contributed by atoms with Crippen LogP contribution < -0.4 is 10.1 Å². The van der Waals surface area contributed by atoms with Gasteiger partial charge in [0.25, 0.3) is 0 Å². The lowest BCUT2D eigenvalue weighted by Gasteiger charge is -2.20. The van der Waals surface area contributed by atoms with Gasteiger partial charge in [-0.25, -0.2) is 0 Å². The van der Waals surface area contributed by atoms with Crippen LogP contribution in [0, 0.1) is 0 Å². The smallest absolute Gasteiger partial charge is 0.224 e. The summed E-state index contributed by atoms with van der Waals surface area (Å²) in [7, 11) is 0. The molecule has 1 aliphatic heterocycles. The van der Waals surface area contributed by atoms with Crippen LogP contribution >= 0.6 is 15.9 Å². The van der Waals surface area contributed by atoms with Crippen molar-refractivity contribution >= 4 is 27.5 Å². The molecule has 0 fully saturated rings. The van der Waals surface area contributed by atoms with Gasteiger partial charge in [-0.15, -0.1) is 0 Å². The number of carbonyl (C=O) groups is 1. The molecule has 1 N–H and O–H groups in total. The highest BCUT2D eigenvalue weighted by Gasteiger charge is 2.17. The lowest BCUT2D eigenvalue weighted by atomic mass is 10.0. The molecule has 0 saturated heterocycles. The summed E-state index contributed by atoms with van der Waals surface area (Å²) in [6.45, 7) is 0.757. The monoisotopic (exact) mass is 325 g/mol. The van der Waals surface area contributed by atoms with Crippen molar-refractivity contribution in [2.75, 3.05) is 17.3 Å². The Morgan fingerprint density at radius 3 is 2.84 bits per heavy atom. The van der Waals surface area contributed by atoms with Crippen LogP contribution in [0.2, 0.25) is 0 Å². The first-order valence-electron chi connectivity index (χ1n) is 6.92. The van der Waals surface area contributed by atoms with Crippen molar-refractivity contribution < 1.29 is 9.53 Å². The Hall–Kier alpha value is -1.03. The summed E-state index contributed by atoms with van der Waals surface area (Å²) in [5.74, 6) is 1.03. The van der Waals surface area contributed by atoms with E-state index in [1.807, 2.05) is 18.2 Å². The third-order valence-corrected chi connectivity index (χ3v) is 3.86. The molecule has 1 aliphatic rings. The number of hydrogen-bond donors (Lipinski definition) is 1. The van der Waals surface area contributed by atoms with Crippen molar-refractivity contribution in [1.82, 2.24) is 0 Å². The number of halogens is 1. The van der Waals surface area contributed by atoms with E-state index in [0.29, 0.717) is 6.42 Å². The van der Waals surface area contributed by atoms with Crippen LogP contribution in [-0.4, -0.2) is 17.8 Å². The molecule has 0 spiro atoms. The maximum absolute atomic E-state index is 11.3. The van der Waals surface area contributed by atoms with Crippen LogP contribution in [0.25, 0.3) is 0 Å². The molecular weight excluding hydrogens is 306 g/mol. The normalized spacial score (nSPS) is 13.8. The number of anilines is 1. The van der Waals surface area contributed by atoms with Crippen molar-refractivity contribution in [3.05, 3.63) is 23.8 Å². The Morgan fingerprint density at radius 1 is 1.16 bits per heavy atom. The van der Waals surface area contributed by atoms with Gasteiger partial charge in [0.15, 0.2) is 0 Å². The van der Waals surface area contributed by atoms with Crippen LogP contribution in [0.15, 0.2) is 18.2 Å². The van der Waals surface area contributed by atoms with Crippen molar-refractivity contribution in [3.63, 3.8) is 0 Å². The lowest BCUT2D eigenvalue weighted by Crippen LogP contribution is -2.19. The molecule has 0 aliphatic carbocycles. The Morgan fingerprint density at radius 2 is 2.00 bits per heavy atom.